The normalized spacial score (nSPS) is 10.3. The second-order valence-electron chi connectivity index (χ2n) is 3.74. The van der Waals surface area contributed by atoms with E-state index in [0.29, 0.717) is 15.2 Å². The van der Waals surface area contributed by atoms with Crippen LogP contribution in [0.5, 0.6) is 0 Å². The van der Waals surface area contributed by atoms with Crippen molar-refractivity contribution in [2.45, 2.75) is 0 Å². The van der Waals surface area contributed by atoms with Crippen LogP contribution in [0, 0.1) is 9.39 Å². The lowest BCUT2D eigenvalue weighted by atomic mass is 10.2. The van der Waals surface area contributed by atoms with Gasteiger partial charge in [-0.2, -0.15) is 0 Å². The van der Waals surface area contributed by atoms with Crippen LogP contribution in [0.25, 0.3) is 0 Å². The van der Waals surface area contributed by atoms with Crippen LogP contribution < -0.4 is 5.32 Å². The van der Waals surface area contributed by atoms with Crippen LogP contribution >= 0.6 is 50.1 Å². The van der Waals surface area contributed by atoms with Crippen molar-refractivity contribution in [1.82, 2.24) is 0 Å². The predicted octanol–water partition coefficient (Wildman–Crippen LogP) is 5.10. The number of nitrogens with one attached hydrogen (secondary N) is 1. The molecule has 0 fully saturated rings. The first-order valence-electron chi connectivity index (χ1n) is 5.18. The van der Waals surface area contributed by atoms with Gasteiger partial charge in [-0.25, -0.2) is 4.39 Å². The van der Waals surface area contributed by atoms with E-state index < -0.39 is 11.7 Å². The third-order valence-corrected chi connectivity index (χ3v) is 3.75. The second-order valence-corrected chi connectivity index (χ2v) is 6.30. The highest BCUT2D eigenvalue weighted by atomic mass is 127. The summed E-state index contributed by atoms with van der Waals surface area (Å²) < 4.78 is 14.7. The van der Waals surface area contributed by atoms with Gasteiger partial charge in [0.15, 0.2) is 0 Å². The van der Waals surface area contributed by atoms with Gasteiger partial charge in [0.1, 0.15) is 5.82 Å². The summed E-state index contributed by atoms with van der Waals surface area (Å²) in [5.74, 6) is -0.892. The van der Waals surface area contributed by atoms with Crippen molar-refractivity contribution in [3.05, 3.63) is 60.8 Å². The van der Waals surface area contributed by atoms with E-state index in [1.807, 2.05) is 6.07 Å². The van der Waals surface area contributed by atoms with Crippen LogP contribution in [0.1, 0.15) is 10.4 Å². The molecule has 19 heavy (non-hydrogen) atoms. The maximum Gasteiger partial charge on any atom is 0.255 e. The van der Waals surface area contributed by atoms with Gasteiger partial charge in [-0.05, 0) is 59.0 Å². The van der Waals surface area contributed by atoms with Gasteiger partial charge in [-0.3, -0.25) is 4.79 Å². The van der Waals surface area contributed by atoms with Crippen LogP contribution in [0.3, 0.4) is 0 Å². The van der Waals surface area contributed by atoms with Gasteiger partial charge in [0, 0.05) is 13.6 Å². The predicted molar refractivity (Wildman–Crippen MR) is 86.2 cm³/mol. The first-order chi connectivity index (χ1) is 8.95. The molecule has 0 spiro atoms. The number of carbonyl (C=O) groups is 1. The average Bonchev–Trinajstić information content (AvgIpc) is 2.31. The minimum absolute atomic E-state index is 0.224. The Kier molecular flexibility index (Phi) is 4.81. The SMILES string of the molecule is O=C(Nc1ccc(I)cc1Cl)c1cc(F)cc(Br)c1. The van der Waals surface area contributed by atoms with Crippen molar-refractivity contribution < 1.29 is 9.18 Å². The zero-order chi connectivity index (χ0) is 14.0. The quantitative estimate of drug-likeness (QED) is 0.629. The van der Waals surface area contributed by atoms with Crippen molar-refractivity contribution in [2.24, 2.45) is 0 Å². The summed E-state index contributed by atoms with van der Waals surface area (Å²) in [6.07, 6.45) is 0. The number of anilines is 1. The zero-order valence-electron chi connectivity index (χ0n) is 9.38. The van der Waals surface area contributed by atoms with E-state index in [4.69, 9.17) is 11.6 Å². The van der Waals surface area contributed by atoms with Gasteiger partial charge in [-0.1, -0.05) is 27.5 Å². The molecule has 0 aliphatic heterocycles. The molecular weight excluding hydrogens is 447 g/mol. The number of hydrogen-bond donors (Lipinski definition) is 1. The zero-order valence-corrected chi connectivity index (χ0v) is 13.9. The number of amides is 1. The Bertz CT molecular complexity index is 630. The molecule has 1 N–H and O–H groups in total. The first-order valence-corrected chi connectivity index (χ1v) is 7.43. The van der Waals surface area contributed by atoms with Gasteiger partial charge < -0.3 is 5.32 Å². The molecule has 2 aromatic carbocycles. The lowest BCUT2D eigenvalue weighted by molar-refractivity contribution is 0.102. The van der Waals surface area contributed by atoms with Gasteiger partial charge in [0.25, 0.3) is 5.91 Å². The Morgan fingerprint density at radius 2 is 2.00 bits per heavy atom. The van der Waals surface area contributed by atoms with Crippen LogP contribution in [0.15, 0.2) is 40.9 Å². The summed E-state index contributed by atoms with van der Waals surface area (Å²) in [6, 6.07) is 9.26. The smallest absolute Gasteiger partial charge is 0.255 e. The molecule has 98 valence electrons. The summed E-state index contributed by atoms with van der Waals surface area (Å²) in [5.41, 5.74) is 0.717. The van der Waals surface area contributed by atoms with E-state index in [1.54, 1.807) is 18.2 Å². The molecule has 0 atom stereocenters. The van der Waals surface area contributed by atoms with Crippen LogP contribution in [0.4, 0.5) is 10.1 Å². The Balaban J connectivity index is 2.25. The molecule has 0 radical (unpaired) electrons. The molecule has 0 aromatic heterocycles. The van der Waals surface area contributed by atoms with E-state index in [-0.39, 0.29) is 5.56 Å². The summed E-state index contributed by atoms with van der Waals surface area (Å²) in [7, 11) is 0. The molecule has 0 saturated carbocycles. The number of hydrogen-bond acceptors (Lipinski definition) is 1. The Morgan fingerprint density at radius 3 is 2.63 bits per heavy atom. The molecule has 0 heterocycles. The monoisotopic (exact) mass is 453 g/mol. The molecular formula is C13H7BrClFINO. The summed E-state index contributed by atoms with van der Waals surface area (Å²) >= 11 is 11.3. The minimum Gasteiger partial charge on any atom is -0.321 e. The molecule has 2 aromatic rings. The van der Waals surface area contributed by atoms with Gasteiger partial charge in [0.05, 0.1) is 10.7 Å². The molecule has 2 nitrogen and oxygen atoms in total. The third-order valence-electron chi connectivity index (χ3n) is 2.30. The van der Waals surface area contributed by atoms with E-state index in [9.17, 15) is 9.18 Å². The Hall–Kier alpha value is -0.660. The van der Waals surface area contributed by atoms with Crippen molar-refractivity contribution in [3.8, 4) is 0 Å². The van der Waals surface area contributed by atoms with Gasteiger partial charge in [0.2, 0.25) is 0 Å². The summed E-state index contributed by atoms with van der Waals surface area (Å²) in [5, 5.41) is 3.09. The molecule has 6 heteroatoms. The minimum atomic E-state index is -0.478. The van der Waals surface area contributed by atoms with Gasteiger partial charge in [-0.15, -0.1) is 0 Å². The molecule has 1 amide bonds. The first kappa shape index (κ1) is 14.7. The average molecular weight is 454 g/mol. The molecule has 0 unspecified atom stereocenters. The van der Waals surface area contributed by atoms with E-state index in [1.165, 1.54) is 12.1 Å². The molecule has 0 aliphatic carbocycles. The van der Waals surface area contributed by atoms with E-state index in [0.717, 1.165) is 3.57 Å². The third kappa shape index (κ3) is 3.90. The maximum absolute atomic E-state index is 13.2. The van der Waals surface area contributed by atoms with Crippen LogP contribution in [0.2, 0.25) is 5.02 Å². The largest absolute Gasteiger partial charge is 0.321 e. The molecule has 0 saturated heterocycles. The highest BCUT2D eigenvalue weighted by molar-refractivity contribution is 14.1. The van der Waals surface area contributed by atoms with Crippen molar-refractivity contribution >= 4 is 61.7 Å². The highest BCUT2D eigenvalue weighted by Gasteiger charge is 2.10. The lowest BCUT2D eigenvalue weighted by Crippen LogP contribution is -2.12. The number of halogens is 4. The lowest BCUT2D eigenvalue weighted by Gasteiger charge is -2.08. The van der Waals surface area contributed by atoms with Crippen molar-refractivity contribution in [1.29, 1.82) is 0 Å². The topological polar surface area (TPSA) is 29.1 Å². The highest BCUT2D eigenvalue weighted by Crippen LogP contribution is 2.25. The fraction of sp³-hybridized carbons (Fsp3) is 0. The standard InChI is InChI=1S/C13H7BrClFINO/c14-8-3-7(4-9(16)5-8)13(19)18-12-2-1-10(17)6-11(12)15/h1-6H,(H,18,19). The summed E-state index contributed by atoms with van der Waals surface area (Å²) in [6.45, 7) is 0. The maximum atomic E-state index is 13.2. The fourth-order valence-corrected chi connectivity index (χ4v) is 2.84. The van der Waals surface area contributed by atoms with Crippen molar-refractivity contribution in [2.75, 3.05) is 5.32 Å². The fourth-order valence-electron chi connectivity index (χ4n) is 1.47. The Labute approximate surface area is 136 Å². The second kappa shape index (κ2) is 6.19. The van der Waals surface area contributed by atoms with Crippen LogP contribution in [-0.2, 0) is 0 Å². The molecule has 0 aliphatic rings. The number of carbonyl (C=O) groups excluding carboxylic acids is 1. The number of rotatable bonds is 2. The van der Waals surface area contributed by atoms with Gasteiger partial charge >= 0.3 is 0 Å². The van der Waals surface area contributed by atoms with E-state index in [2.05, 4.69) is 43.8 Å². The Morgan fingerprint density at radius 1 is 1.26 bits per heavy atom. The molecule has 0 bridgehead atoms. The summed E-state index contributed by atoms with van der Waals surface area (Å²) in [4.78, 5) is 12.0. The van der Waals surface area contributed by atoms with E-state index >= 15 is 0 Å². The van der Waals surface area contributed by atoms with Crippen LogP contribution in [-0.4, -0.2) is 5.91 Å². The number of benzene rings is 2. The van der Waals surface area contributed by atoms with Crippen molar-refractivity contribution in [3.63, 3.8) is 0 Å². The molecule has 2 rings (SSSR count).